The molecule has 1 aliphatic heterocycles. The Morgan fingerprint density at radius 3 is 2.72 bits per heavy atom. The zero-order valence-electron chi connectivity index (χ0n) is 16.7. The Kier molecular flexibility index (Phi) is 6.29. The molecule has 29 heavy (non-hydrogen) atoms. The van der Waals surface area contributed by atoms with Gasteiger partial charge in [0.15, 0.2) is 0 Å². The van der Waals surface area contributed by atoms with Crippen LogP contribution in [0.25, 0.3) is 6.08 Å². The van der Waals surface area contributed by atoms with Crippen molar-refractivity contribution in [3.8, 4) is 0 Å². The topological polar surface area (TPSA) is 50.3 Å². The minimum Gasteiger partial charge on any atom is -0.369 e. The third-order valence-corrected chi connectivity index (χ3v) is 4.89. The van der Waals surface area contributed by atoms with Gasteiger partial charge in [-0.1, -0.05) is 48.0 Å². The predicted octanol–water partition coefficient (Wildman–Crippen LogP) is 4.70. The highest BCUT2D eigenvalue weighted by Crippen LogP contribution is 2.23. The number of pyridine rings is 2. The van der Waals surface area contributed by atoms with Crippen molar-refractivity contribution in [1.82, 2.24) is 14.9 Å². The van der Waals surface area contributed by atoms with Crippen molar-refractivity contribution in [2.75, 3.05) is 31.6 Å². The van der Waals surface area contributed by atoms with Gasteiger partial charge in [-0.3, -0.25) is 9.88 Å². The van der Waals surface area contributed by atoms with Crippen LogP contribution >= 0.6 is 0 Å². The van der Waals surface area contributed by atoms with E-state index in [1.54, 1.807) is 6.20 Å². The molecule has 5 heteroatoms. The molecule has 0 aliphatic carbocycles. The van der Waals surface area contributed by atoms with Crippen molar-refractivity contribution < 1.29 is 4.74 Å². The fraction of sp³-hybridized carbons (Fsp3) is 0.250. The van der Waals surface area contributed by atoms with Gasteiger partial charge in [0, 0.05) is 25.8 Å². The van der Waals surface area contributed by atoms with Crippen molar-refractivity contribution in [1.29, 1.82) is 0 Å². The second-order valence-corrected chi connectivity index (χ2v) is 7.31. The van der Waals surface area contributed by atoms with Crippen molar-refractivity contribution in [3.05, 3.63) is 89.9 Å². The molecular weight excluding hydrogens is 360 g/mol. The number of rotatable bonds is 6. The van der Waals surface area contributed by atoms with Crippen LogP contribution in [0, 0.1) is 0 Å². The molecule has 1 aromatic carbocycles. The number of benzene rings is 1. The number of aromatic nitrogens is 2. The Morgan fingerprint density at radius 2 is 1.97 bits per heavy atom. The van der Waals surface area contributed by atoms with Gasteiger partial charge in [-0.25, -0.2) is 4.98 Å². The first-order valence-corrected chi connectivity index (χ1v) is 9.96. The smallest absolute Gasteiger partial charge is 0.130 e. The van der Waals surface area contributed by atoms with Crippen LogP contribution in [-0.4, -0.2) is 41.1 Å². The van der Waals surface area contributed by atoms with E-state index in [9.17, 15) is 0 Å². The second-order valence-electron chi connectivity index (χ2n) is 7.31. The number of morpholine rings is 1. The van der Waals surface area contributed by atoms with E-state index in [2.05, 4.69) is 57.4 Å². The molecule has 1 N–H and O–H groups in total. The quantitative estimate of drug-likeness (QED) is 0.666. The van der Waals surface area contributed by atoms with Crippen molar-refractivity contribution >= 4 is 17.6 Å². The monoisotopic (exact) mass is 386 g/mol. The minimum absolute atomic E-state index is 0.00262. The summed E-state index contributed by atoms with van der Waals surface area (Å²) in [5.41, 5.74) is 4.47. The first-order chi connectivity index (χ1) is 14.3. The number of ether oxygens (including phenoxy) is 1. The molecule has 2 aromatic heterocycles. The summed E-state index contributed by atoms with van der Waals surface area (Å²) in [6, 6.07) is 20.3. The molecule has 1 fully saturated rings. The molecule has 1 aliphatic rings. The van der Waals surface area contributed by atoms with Crippen molar-refractivity contribution in [2.45, 2.75) is 13.0 Å². The lowest BCUT2D eigenvalue weighted by atomic mass is 10.1. The van der Waals surface area contributed by atoms with E-state index in [0.29, 0.717) is 0 Å². The van der Waals surface area contributed by atoms with Gasteiger partial charge in [-0.2, -0.15) is 0 Å². The highest BCUT2D eigenvalue weighted by atomic mass is 16.5. The minimum atomic E-state index is -0.00262. The summed E-state index contributed by atoms with van der Waals surface area (Å²) >= 11 is 0. The Morgan fingerprint density at radius 1 is 1.10 bits per heavy atom. The lowest BCUT2D eigenvalue weighted by Crippen LogP contribution is -2.39. The third kappa shape index (κ3) is 5.50. The van der Waals surface area contributed by atoms with E-state index in [4.69, 9.17) is 4.74 Å². The summed E-state index contributed by atoms with van der Waals surface area (Å²) in [4.78, 5) is 11.3. The fourth-order valence-corrected chi connectivity index (χ4v) is 3.51. The Labute approximate surface area is 172 Å². The maximum Gasteiger partial charge on any atom is 0.130 e. The molecule has 0 spiro atoms. The molecule has 1 unspecified atom stereocenters. The van der Waals surface area contributed by atoms with Crippen LogP contribution in [0.5, 0.6) is 0 Å². The van der Waals surface area contributed by atoms with Crippen LogP contribution in [-0.2, 0) is 4.74 Å². The van der Waals surface area contributed by atoms with Gasteiger partial charge in [0.05, 0.1) is 24.2 Å². The highest BCUT2D eigenvalue weighted by Gasteiger charge is 2.23. The van der Waals surface area contributed by atoms with Gasteiger partial charge in [0.1, 0.15) is 11.9 Å². The highest BCUT2D eigenvalue weighted by molar-refractivity contribution is 5.54. The number of hydrogen-bond donors (Lipinski definition) is 1. The Bertz CT molecular complexity index is 926. The number of nitrogens with zero attached hydrogens (tertiary/aromatic N) is 3. The SMILES string of the molecule is C/C(=C\c1ccccc1)CN1CCOC(c2ccc(Nc3ccccn3)cn2)C1. The number of anilines is 2. The molecule has 0 bridgehead atoms. The molecule has 4 rings (SSSR count). The molecule has 1 atom stereocenters. The lowest BCUT2D eigenvalue weighted by molar-refractivity contribution is -0.0288. The zero-order valence-corrected chi connectivity index (χ0v) is 16.7. The summed E-state index contributed by atoms with van der Waals surface area (Å²) in [7, 11) is 0. The van der Waals surface area contributed by atoms with Crippen molar-refractivity contribution in [3.63, 3.8) is 0 Å². The largest absolute Gasteiger partial charge is 0.369 e. The second kappa shape index (κ2) is 9.45. The maximum atomic E-state index is 6.00. The molecular formula is C24H26N4O. The van der Waals surface area contributed by atoms with Crippen molar-refractivity contribution in [2.24, 2.45) is 0 Å². The average molecular weight is 386 g/mol. The normalized spacial score (nSPS) is 17.8. The molecule has 1 saturated heterocycles. The molecule has 148 valence electrons. The lowest BCUT2D eigenvalue weighted by Gasteiger charge is -2.32. The first-order valence-electron chi connectivity index (χ1n) is 9.96. The Balaban J connectivity index is 1.36. The third-order valence-electron chi connectivity index (χ3n) is 4.89. The van der Waals surface area contributed by atoms with E-state index in [1.807, 2.05) is 42.6 Å². The van der Waals surface area contributed by atoms with Crippen LogP contribution in [0.4, 0.5) is 11.5 Å². The summed E-state index contributed by atoms with van der Waals surface area (Å²) in [6.07, 6.45) is 5.86. The molecule has 0 amide bonds. The van der Waals surface area contributed by atoms with Gasteiger partial charge in [0.2, 0.25) is 0 Å². The molecule has 0 radical (unpaired) electrons. The fourth-order valence-electron chi connectivity index (χ4n) is 3.51. The molecule has 3 heterocycles. The van der Waals surface area contributed by atoms with Crippen LogP contribution in [0.15, 0.2) is 78.6 Å². The number of hydrogen-bond acceptors (Lipinski definition) is 5. The van der Waals surface area contributed by atoms with E-state index in [0.717, 1.165) is 43.4 Å². The zero-order chi connectivity index (χ0) is 19.9. The summed E-state index contributed by atoms with van der Waals surface area (Å²) in [5, 5.41) is 3.26. The van der Waals surface area contributed by atoms with Gasteiger partial charge in [-0.05, 0) is 36.8 Å². The summed E-state index contributed by atoms with van der Waals surface area (Å²) in [6.45, 7) is 5.64. The summed E-state index contributed by atoms with van der Waals surface area (Å²) < 4.78 is 6.00. The molecule has 0 saturated carbocycles. The standard InChI is InChI=1S/C24H26N4O/c1-19(15-20-7-3-2-4-8-20)17-28-13-14-29-23(18-28)22-11-10-21(16-26-22)27-24-9-5-6-12-25-24/h2-12,15-16,23H,13-14,17-18H2,1H3,(H,25,27)/b19-15+. The molecule has 5 nitrogen and oxygen atoms in total. The van der Waals surface area contributed by atoms with Gasteiger partial charge in [0.25, 0.3) is 0 Å². The van der Waals surface area contributed by atoms with Crippen LogP contribution in [0.2, 0.25) is 0 Å². The Hall–Kier alpha value is -3.02. The van der Waals surface area contributed by atoms with E-state index >= 15 is 0 Å². The van der Waals surface area contributed by atoms with E-state index in [1.165, 1.54) is 11.1 Å². The number of nitrogens with one attached hydrogen (secondary N) is 1. The molecule has 3 aromatic rings. The average Bonchev–Trinajstić information content (AvgIpc) is 2.76. The van der Waals surface area contributed by atoms with Gasteiger partial charge >= 0.3 is 0 Å². The van der Waals surface area contributed by atoms with Gasteiger partial charge in [-0.15, -0.1) is 0 Å². The van der Waals surface area contributed by atoms with Crippen LogP contribution in [0.1, 0.15) is 24.3 Å². The predicted molar refractivity (Wildman–Crippen MR) is 117 cm³/mol. The maximum absolute atomic E-state index is 6.00. The van der Waals surface area contributed by atoms with Crippen LogP contribution < -0.4 is 5.32 Å². The van der Waals surface area contributed by atoms with Crippen LogP contribution in [0.3, 0.4) is 0 Å². The van der Waals surface area contributed by atoms with Gasteiger partial charge < -0.3 is 10.1 Å². The van der Waals surface area contributed by atoms with E-state index in [-0.39, 0.29) is 6.10 Å². The van der Waals surface area contributed by atoms with E-state index < -0.39 is 0 Å². The summed E-state index contributed by atoms with van der Waals surface area (Å²) in [5.74, 6) is 0.808. The first kappa shape index (κ1) is 19.3.